The predicted octanol–water partition coefficient (Wildman–Crippen LogP) is 6.46. The second-order valence-corrected chi connectivity index (χ2v) is 15.7. The van der Waals surface area contributed by atoms with Crippen LogP contribution in [0.1, 0.15) is 76.2 Å². The van der Waals surface area contributed by atoms with Gasteiger partial charge in [0, 0.05) is 42.1 Å². The quantitative estimate of drug-likeness (QED) is 0.0327. The summed E-state index contributed by atoms with van der Waals surface area (Å²) >= 11 is 0. The zero-order chi connectivity index (χ0) is 37.7. The van der Waals surface area contributed by atoms with Crippen LogP contribution < -0.4 is 9.47 Å². The molecular formula is C33H38F5N2O9S2+. The maximum Gasteiger partial charge on any atom is 0.374 e. The normalized spacial score (nSPS) is 17.3. The van der Waals surface area contributed by atoms with Gasteiger partial charge in [0.2, 0.25) is 5.58 Å². The van der Waals surface area contributed by atoms with E-state index in [1.54, 1.807) is 4.57 Å². The molecule has 280 valence electrons. The summed E-state index contributed by atoms with van der Waals surface area (Å²) in [5, 5.41) is 8.99. The lowest BCUT2D eigenvalue weighted by Crippen LogP contribution is -2.35. The maximum absolute atomic E-state index is 15.7. The van der Waals surface area contributed by atoms with Crippen molar-refractivity contribution in [3.8, 4) is 0 Å². The number of carboxylic acid groups (broad SMARTS) is 1. The van der Waals surface area contributed by atoms with Crippen molar-refractivity contribution >= 4 is 49.1 Å². The SMILES string of the molecule is CC1(CCCCS(=O)(=O)O)C(=CC=Cc2oc3ccc(F)cc3[n+]2CCCCS(=O)(=O)O)N(CCCCCC(=O)O)c2c(F)c(F)c(F)c(F)c21. The molecule has 1 unspecified atom stereocenters. The molecule has 11 nitrogen and oxygen atoms in total. The lowest BCUT2D eigenvalue weighted by Gasteiger charge is -2.30. The summed E-state index contributed by atoms with van der Waals surface area (Å²) in [6.45, 7) is 1.53. The zero-order valence-corrected chi connectivity index (χ0v) is 29.2. The number of carboxylic acids is 1. The summed E-state index contributed by atoms with van der Waals surface area (Å²) < 4.78 is 146. The molecule has 3 aromatic rings. The first kappa shape index (κ1) is 39.9. The summed E-state index contributed by atoms with van der Waals surface area (Å²) in [7, 11) is -8.57. The Morgan fingerprint density at radius 3 is 2.18 bits per heavy atom. The van der Waals surface area contributed by atoms with Gasteiger partial charge in [0.25, 0.3) is 25.8 Å². The minimum Gasteiger partial charge on any atom is -0.481 e. The van der Waals surface area contributed by atoms with Crippen molar-refractivity contribution in [3.63, 3.8) is 0 Å². The Hall–Kier alpha value is -3.87. The van der Waals surface area contributed by atoms with Gasteiger partial charge in [-0.05, 0) is 57.2 Å². The molecule has 0 fully saturated rings. The van der Waals surface area contributed by atoms with Crippen LogP contribution in [0, 0.1) is 29.1 Å². The number of allylic oxidation sites excluding steroid dienone is 3. The first-order valence-corrected chi connectivity index (χ1v) is 19.3. The van der Waals surface area contributed by atoms with Gasteiger partial charge < -0.3 is 14.4 Å². The Balaban J connectivity index is 1.80. The van der Waals surface area contributed by atoms with E-state index >= 15 is 8.78 Å². The Kier molecular flexibility index (Phi) is 12.7. The largest absolute Gasteiger partial charge is 0.481 e. The monoisotopic (exact) mass is 765 g/mol. The molecule has 18 heteroatoms. The molecule has 0 bridgehead atoms. The number of hydrogen-bond acceptors (Lipinski definition) is 7. The summed E-state index contributed by atoms with van der Waals surface area (Å²) in [5.41, 5.74) is -1.86. The van der Waals surface area contributed by atoms with E-state index < -0.39 is 83.5 Å². The molecule has 1 aliphatic rings. The van der Waals surface area contributed by atoms with Crippen LogP contribution in [0.15, 0.2) is 40.5 Å². The van der Waals surface area contributed by atoms with Crippen LogP contribution in [0.4, 0.5) is 27.6 Å². The number of aliphatic carboxylic acids is 1. The van der Waals surface area contributed by atoms with E-state index in [2.05, 4.69) is 0 Å². The molecule has 1 aromatic heterocycles. The number of halogens is 5. The Bertz CT molecular complexity index is 2070. The molecular weight excluding hydrogens is 727 g/mol. The van der Waals surface area contributed by atoms with Crippen molar-refractivity contribution in [2.45, 2.75) is 76.7 Å². The molecule has 0 amide bonds. The van der Waals surface area contributed by atoms with Gasteiger partial charge in [0.05, 0.1) is 23.3 Å². The fourth-order valence-corrected chi connectivity index (χ4v) is 7.51. The third-order valence-corrected chi connectivity index (χ3v) is 10.3. The van der Waals surface area contributed by atoms with Gasteiger partial charge in [-0.15, -0.1) is 0 Å². The fraction of sp³-hybridized carbons (Fsp3) is 0.455. The average molecular weight is 766 g/mol. The Labute approximate surface area is 291 Å². The third-order valence-electron chi connectivity index (χ3n) is 8.74. The first-order valence-electron chi connectivity index (χ1n) is 16.1. The van der Waals surface area contributed by atoms with Gasteiger partial charge in [-0.2, -0.15) is 21.4 Å². The highest BCUT2D eigenvalue weighted by Gasteiger charge is 2.49. The Morgan fingerprint density at radius 2 is 1.53 bits per heavy atom. The topological polar surface area (TPSA) is 166 Å². The molecule has 0 spiro atoms. The average Bonchev–Trinajstić information content (AvgIpc) is 3.49. The fourth-order valence-electron chi connectivity index (χ4n) is 6.37. The highest BCUT2D eigenvalue weighted by molar-refractivity contribution is 7.86. The number of aryl methyl sites for hydroxylation is 1. The van der Waals surface area contributed by atoms with E-state index in [0.29, 0.717) is 11.9 Å². The van der Waals surface area contributed by atoms with Crippen molar-refractivity contribution in [1.29, 1.82) is 0 Å². The summed E-state index contributed by atoms with van der Waals surface area (Å²) in [6, 6.07) is 3.76. The van der Waals surface area contributed by atoms with Crippen LogP contribution in [0.5, 0.6) is 0 Å². The van der Waals surface area contributed by atoms with Gasteiger partial charge in [0.1, 0.15) is 5.82 Å². The number of anilines is 1. The molecule has 51 heavy (non-hydrogen) atoms. The van der Waals surface area contributed by atoms with E-state index in [1.807, 2.05) is 0 Å². The van der Waals surface area contributed by atoms with E-state index in [9.17, 15) is 39.4 Å². The summed E-state index contributed by atoms with van der Waals surface area (Å²) in [5.74, 6) is -9.93. The van der Waals surface area contributed by atoms with Gasteiger partial charge in [-0.3, -0.25) is 13.9 Å². The van der Waals surface area contributed by atoms with Crippen LogP contribution in [-0.2, 0) is 37.0 Å². The highest BCUT2D eigenvalue weighted by Crippen LogP contribution is 2.54. The number of nitrogens with zero attached hydrogens (tertiary/aromatic N) is 2. The minimum absolute atomic E-state index is 0.0297. The van der Waals surface area contributed by atoms with Gasteiger partial charge >= 0.3 is 11.9 Å². The van der Waals surface area contributed by atoms with Crippen molar-refractivity contribution in [3.05, 3.63) is 76.6 Å². The second-order valence-electron chi connectivity index (χ2n) is 12.5. The smallest absolute Gasteiger partial charge is 0.374 e. The lowest BCUT2D eigenvalue weighted by molar-refractivity contribution is -0.678. The molecule has 3 N–H and O–H groups in total. The highest BCUT2D eigenvalue weighted by atomic mass is 32.2. The first-order chi connectivity index (χ1) is 23.8. The van der Waals surface area contributed by atoms with Gasteiger partial charge in [-0.1, -0.05) is 18.9 Å². The van der Waals surface area contributed by atoms with Crippen molar-refractivity contribution < 1.29 is 66.8 Å². The number of unbranched alkanes of at least 4 members (excludes halogenated alkanes) is 4. The van der Waals surface area contributed by atoms with Crippen molar-refractivity contribution in [1.82, 2.24) is 0 Å². The maximum atomic E-state index is 15.7. The number of hydrogen-bond donors (Lipinski definition) is 3. The molecule has 0 radical (unpaired) electrons. The predicted molar refractivity (Wildman–Crippen MR) is 176 cm³/mol. The number of carbonyl (C=O) groups is 1. The van der Waals surface area contributed by atoms with E-state index in [-0.39, 0.29) is 81.6 Å². The van der Waals surface area contributed by atoms with Gasteiger partial charge in [-0.25, -0.2) is 22.0 Å². The van der Waals surface area contributed by atoms with Crippen molar-refractivity contribution in [2.75, 3.05) is 23.0 Å². The van der Waals surface area contributed by atoms with E-state index in [1.165, 1.54) is 48.3 Å². The molecule has 1 atom stereocenters. The number of oxazole rings is 1. The number of rotatable bonds is 18. The summed E-state index contributed by atoms with van der Waals surface area (Å²) in [6.07, 6.45) is 5.15. The van der Waals surface area contributed by atoms with E-state index in [4.69, 9.17) is 14.1 Å². The molecule has 0 saturated heterocycles. The molecule has 0 saturated carbocycles. The molecule has 2 aromatic carbocycles. The van der Waals surface area contributed by atoms with Crippen LogP contribution >= 0.6 is 0 Å². The van der Waals surface area contributed by atoms with Crippen LogP contribution in [-0.4, -0.2) is 55.1 Å². The van der Waals surface area contributed by atoms with E-state index in [0.717, 1.165) is 0 Å². The van der Waals surface area contributed by atoms with Gasteiger partial charge in [0.15, 0.2) is 29.8 Å². The van der Waals surface area contributed by atoms with Crippen molar-refractivity contribution in [2.24, 2.45) is 0 Å². The van der Waals surface area contributed by atoms with Crippen LogP contribution in [0.3, 0.4) is 0 Å². The number of fused-ring (bicyclic) bond motifs is 2. The van der Waals surface area contributed by atoms with Crippen LogP contribution in [0.2, 0.25) is 0 Å². The summed E-state index contributed by atoms with van der Waals surface area (Å²) in [4.78, 5) is 12.3. The van der Waals surface area contributed by atoms with Crippen LogP contribution in [0.25, 0.3) is 17.2 Å². The molecule has 4 rings (SSSR count). The third kappa shape index (κ3) is 9.72. The second kappa shape index (κ2) is 16.2. The molecule has 0 aliphatic carbocycles. The number of benzene rings is 2. The lowest BCUT2D eigenvalue weighted by atomic mass is 9.76. The standard InChI is InChI=1S/C33H37F5N2O9S2/c1-33(15-4-7-18-50(43,44)45)24(40(17-5-2-3-12-26(41)42)32-27(33)28(35)29(36)30(37)31(32)38)10-9-11-25-39(16-6-8-19-51(46,47)48)22-20-21(34)13-14-23(22)49-25/h9-11,13-14,20H,2-8,12,15-19H2,1H3,(H2-,41,42,43,44,45,46,47,48)/p+1. The molecule has 2 heterocycles. The molecule has 1 aliphatic heterocycles. The number of aromatic nitrogens is 1. The minimum atomic E-state index is -4.35. The zero-order valence-electron chi connectivity index (χ0n) is 27.5. The Morgan fingerprint density at radius 1 is 0.882 bits per heavy atom.